The van der Waals surface area contributed by atoms with Gasteiger partial charge in [0.2, 0.25) is 0 Å². The molecule has 0 amide bonds. The summed E-state index contributed by atoms with van der Waals surface area (Å²) in [7, 11) is 0. The van der Waals surface area contributed by atoms with E-state index in [-0.39, 0.29) is 0 Å². The van der Waals surface area contributed by atoms with E-state index in [2.05, 4.69) is 10.2 Å². The Morgan fingerprint density at radius 3 is 2.17 bits per heavy atom. The lowest BCUT2D eigenvalue weighted by molar-refractivity contribution is 0.145. The summed E-state index contributed by atoms with van der Waals surface area (Å²) in [5, 5.41) is 3.70. The fourth-order valence-corrected chi connectivity index (χ4v) is 3.73. The molecule has 0 aromatic heterocycles. The number of hydrogen-bond donors (Lipinski definition) is 1. The molecule has 3 rings (SSSR count). The molecular formula is C16H30N2. The van der Waals surface area contributed by atoms with Crippen LogP contribution in [-0.2, 0) is 0 Å². The first kappa shape index (κ1) is 12.9. The summed E-state index contributed by atoms with van der Waals surface area (Å²) in [5.41, 5.74) is 0. The van der Waals surface area contributed by atoms with Gasteiger partial charge < -0.3 is 10.2 Å². The van der Waals surface area contributed by atoms with Gasteiger partial charge in [0, 0.05) is 12.6 Å². The maximum atomic E-state index is 3.70. The predicted octanol–water partition coefficient (Wildman–Crippen LogP) is 3.03. The normalized spacial score (nSPS) is 28.7. The summed E-state index contributed by atoms with van der Waals surface area (Å²) in [6.07, 6.45) is 13.2. The molecule has 0 aromatic carbocycles. The molecule has 2 heteroatoms. The second-order valence-electron chi connectivity index (χ2n) is 6.93. The molecule has 2 nitrogen and oxygen atoms in total. The van der Waals surface area contributed by atoms with Gasteiger partial charge in [0.15, 0.2) is 0 Å². The van der Waals surface area contributed by atoms with Crippen molar-refractivity contribution < 1.29 is 0 Å². The molecule has 0 atom stereocenters. The molecule has 1 saturated heterocycles. The van der Waals surface area contributed by atoms with Gasteiger partial charge >= 0.3 is 0 Å². The van der Waals surface area contributed by atoms with E-state index in [0.29, 0.717) is 0 Å². The van der Waals surface area contributed by atoms with Crippen LogP contribution in [0.4, 0.5) is 0 Å². The third-order valence-electron chi connectivity index (χ3n) is 5.22. The van der Waals surface area contributed by atoms with Crippen molar-refractivity contribution in [3.05, 3.63) is 0 Å². The summed E-state index contributed by atoms with van der Waals surface area (Å²) < 4.78 is 0. The monoisotopic (exact) mass is 250 g/mol. The van der Waals surface area contributed by atoms with E-state index in [4.69, 9.17) is 0 Å². The minimum absolute atomic E-state index is 0.894. The van der Waals surface area contributed by atoms with Crippen LogP contribution in [0.15, 0.2) is 0 Å². The van der Waals surface area contributed by atoms with Crippen molar-refractivity contribution in [2.24, 2.45) is 11.8 Å². The van der Waals surface area contributed by atoms with E-state index < -0.39 is 0 Å². The lowest BCUT2D eigenvalue weighted by Gasteiger charge is -2.35. The summed E-state index contributed by atoms with van der Waals surface area (Å²) in [6, 6.07) is 0.894. The van der Waals surface area contributed by atoms with E-state index in [1.807, 2.05) is 0 Å². The zero-order valence-electron chi connectivity index (χ0n) is 11.9. The Morgan fingerprint density at radius 2 is 1.50 bits per heavy atom. The van der Waals surface area contributed by atoms with Gasteiger partial charge in [-0.3, -0.25) is 0 Å². The van der Waals surface area contributed by atoms with Crippen molar-refractivity contribution in [1.82, 2.24) is 10.2 Å². The van der Waals surface area contributed by atoms with Crippen molar-refractivity contribution in [2.75, 3.05) is 26.2 Å². The molecule has 1 N–H and O–H groups in total. The topological polar surface area (TPSA) is 15.3 Å². The number of piperidine rings is 1. The minimum atomic E-state index is 0.894. The molecule has 0 unspecified atom stereocenters. The number of nitrogens with zero attached hydrogens (tertiary/aromatic N) is 1. The molecule has 3 aliphatic rings. The number of rotatable bonds is 5. The Labute approximate surface area is 113 Å². The minimum Gasteiger partial charge on any atom is -0.314 e. The number of likely N-dealkylation sites (tertiary alicyclic amines) is 1. The third kappa shape index (κ3) is 3.96. The predicted molar refractivity (Wildman–Crippen MR) is 76.8 cm³/mol. The van der Waals surface area contributed by atoms with Crippen molar-refractivity contribution in [2.45, 2.75) is 63.8 Å². The fourth-order valence-electron chi connectivity index (χ4n) is 3.73. The van der Waals surface area contributed by atoms with Crippen molar-refractivity contribution in [3.8, 4) is 0 Å². The Bertz CT molecular complexity index is 235. The van der Waals surface area contributed by atoms with Crippen LogP contribution in [0.1, 0.15) is 57.8 Å². The Kier molecular flexibility index (Phi) is 4.58. The second-order valence-corrected chi connectivity index (χ2v) is 6.93. The molecule has 3 fully saturated rings. The van der Waals surface area contributed by atoms with Crippen LogP contribution in [-0.4, -0.2) is 37.1 Å². The average molecular weight is 250 g/mol. The number of nitrogens with one attached hydrogen (secondary N) is 1. The molecule has 1 aliphatic heterocycles. The molecule has 1 heterocycles. The summed E-state index contributed by atoms with van der Waals surface area (Å²) in [4.78, 5) is 2.75. The van der Waals surface area contributed by atoms with Gasteiger partial charge in [0.25, 0.3) is 0 Å². The van der Waals surface area contributed by atoms with E-state index in [9.17, 15) is 0 Å². The van der Waals surface area contributed by atoms with E-state index >= 15 is 0 Å². The summed E-state index contributed by atoms with van der Waals surface area (Å²) in [6.45, 7) is 5.44. The van der Waals surface area contributed by atoms with Crippen LogP contribution in [0, 0.1) is 11.8 Å². The second kappa shape index (κ2) is 6.38. The van der Waals surface area contributed by atoms with Gasteiger partial charge in [-0.15, -0.1) is 0 Å². The molecule has 18 heavy (non-hydrogen) atoms. The Morgan fingerprint density at radius 1 is 0.778 bits per heavy atom. The number of hydrogen-bond acceptors (Lipinski definition) is 2. The van der Waals surface area contributed by atoms with Crippen molar-refractivity contribution in [1.29, 1.82) is 0 Å². The first-order chi connectivity index (χ1) is 8.90. The van der Waals surface area contributed by atoms with Crippen LogP contribution in [0.3, 0.4) is 0 Å². The standard InChI is InChI=1S/C16H30N2/c1-2-4-15(5-3-1)13-18-10-8-14(9-11-18)12-17-16-6-7-16/h14-17H,1-13H2. The molecule has 0 spiro atoms. The van der Waals surface area contributed by atoms with Gasteiger partial charge in [-0.05, 0) is 70.0 Å². The molecule has 2 aliphatic carbocycles. The Hall–Kier alpha value is -0.0800. The maximum Gasteiger partial charge on any atom is 0.00683 e. The largest absolute Gasteiger partial charge is 0.314 e. The fraction of sp³-hybridized carbons (Fsp3) is 1.00. The average Bonchev–Trinajstić information content (AvgIpc) is 3.23. The molecule has 0 bridgehead atoms. The van der Waals surface area contributed by atoms with E-state index in [0.717, 1.165) is 17.9 Å². The molecule has 104 valence electrons. The lowest BCUT2D eigenvalue weighted by Crippen LogP contribution is -2.40. The van der Waals surface area contributed by atoms with Crippen LogP contribution in [0.5, 0.6) is 0 Å². The Balaban J connectivity index is 1.31. The van der Waals surface area contributed by atoms with Crippen molar-refractivity contribution in [3.63, 3.8) is 0 Å². The highest BCUT2D eigenvalue weighted by Crippen LogP contribution is 2.26. The van der Waals surface area contributed by atoms with E-state index in [1.54, 1.807) is 0 Å². The first-order valence-electron chi connectivity index (χ1n) is 8.36. The first-order valence-corrected chi connectivity index (χ1v) is 8.36. The van der Waals surface area contributed by atoms with Crippen LogP contribution < -0.4 is 5.32 Å². The summed E-state index contributed by atoms with van der Waals surface area (Å²) in [5.74, 6) is 1.99. The van der Waals surface area contributed by atoms with E-state index in [1.165, 1.54) is 84.0 Å². The van der Waals surface area contributed by atoms with Gasteiger partial charge in [0.05, 0.1) is 0 Å². The maximum absolute atomic E-state index is 3.70. The smallest absolute Gasteiger partial charge is 0.00683 e. The highest BCUT2D eigenvalue weighted by molar-refractivity contribution is 4.83. The van der Waals surface area contributed by atoms with Crippen LogP contribution >= 0.6 is 0 Å². The van der Waals surface area contributed by atoms with Gasteiger partial charge in [-0.1, -0.05) is 19.3 Å². The summed E-state index contributed by atoms with van der Waals surface area (Å²) >= 11 is 0. The zero-order valence-corrected chi connectivity index (χ0v) is 11.9. The molecule has 0 aromatic rings. The van der Waals surface area contributed by atoms with Gasteiger partial charge in [-0.2, -0.15) is 0 Å². The third-order valence-corrected chi connectivity index (χ3v) is 5.22. The zero-order chi connectivity index (χ0) is 12.2. The van der Waals surface area contributed by atoms with Crippen LogP contribution in [0.2, 0.25) is 0 Å². The van der Waals surface area contributed by atoms with Gasteiger partial charge in [0.1, 0.15) is 0 Å². The van der Waals surface area contributed by atoms with Gasteiger partial charge in [-0.25, -0.2) is 0 Å². The molecule has 2 saturated carbocycles. The quantitative estimate of drug-likeness (QED) is 0.807. The molecular weight excluding hydrogens is 220 g/mol. The van der Waals surface area contributed by atoms with Crippen molar-refractivity contribution >= 4 is 0 Å². The molecule has 0 radical (unpaired) electrons. The highest BCUT2D eigenvalue weighted by Gasteiger charge is 2.25. The van der Waals surface area contributed by atoms with Crippen LogP contribution in [0.25, 0.3) is 0 Å². The SMILES string of the molecule is C1CCC(CN2CCC(CNC3CC3)CC2)CC1. The lowest BCUT2D eigenvalue weighted by atomic mass is 9.88. The highest BCUT2D eigenvalue weighted by atomic mass is 15.1.